The maximum absolute atomic E-state index is 11.2. The SMILES string of the molecule is Cc1ccc(C)c(COc2ccc(I)cc2C(=O)O)c1. The van der Waals surface area contributed by atoms with E-state index in [1.54, 1.807) is 12.1 Å². The Hall–Kier alpha value is -1.56. The van der Waals surface area contributed by atoms with Crippen LogP contribution in [0.5, 0.6) is 5.75 Å². The van der Waals surface area contributed by atoms with Gasteiger partial charge in [0.2, 0.25) is 0 Å². The van der Waals surface area contributed by atoms with Crippen molar-refractivity contribution in [2.45, 2.75) is 20.5 Å². The molecule has 0 atom stereocenters. The molecule has 2 aromatic carbocycles. The average molecular weight is 382 g/mol. The molecule has 3 nitrogen and oxygen atoms in total. The lowest BCUT2D eigenvalue weighted by Crippen LogP contribution is -2.05. The van der Waals surface area contributed by atoms with Gasteiger partial charge in [0.1, 0.15) is 17.9 Å². The Morgan fingerprint density at radius 3 is 2.65 bits per heavy atom. The number of ether oxygens (including phenoxy) is 1. The van der Waals surface area contributed by atoms with Crippen LogP contribution >= 0.6 is 22.6 Å². The van der Waals surface area contributed by atoms with Crippen molar-refractivity contribution >= 4 is 28.6 Å². The van der Waals surface area contributed by atoms with Crippen molar-refractivity contribution in [1.82, 2.24) is 0 Å². The second-order valence-electron chi connectivity index (χ2n) is 4.66. The molecule has 20 heavy (non-hydrogen) atoms. The quantitative estimate of drug-likeness (QED) is 0.807. The van der Waals surface area contributed by atoms with E-state index < -0.39 is 5.97 Å². The van der Waals surface area contributed by atoms with Crippen LogP contribution in [0.2, 0.25) is 0 Å². The number of carboxylic acids is 1. The molecule has 0 fully saturated rings. The van der Waals surface area contributed by atoms with Crippen LogP contribution in [0.15, 0.2) is 36.4 Å². The van der Waals surface area contributed by atoms with Crippen molar-refractivity contribution in [3.05, 3.63) is 62.2 Å². The monoisotopic (exact) mass is 382 g/mol. The summed E-state index contributed by atoms with van der Waals surface area (Å²) in [6, 6.07) is 11.3. The molecule has 0 heterocycles. The molecule has 0 radical (unpaired) electrons. The molecular weight excluding hydrogens is 367 g/mol. The fourth-order valence-corrected chi connectivity index (χ4v) is 2.40. The van der Waals surface area contributed by atoms with Crippen LogP contribution in [0, 0.1) is 17.4 Å². The molecular formula is C16H15IO3. The third-order valence-electron chi connectivity index (χ3n) is 3.06. The fourth-order valence-electron chi connectivity index (χ4n) is 1.91. The van der Waals surface area contributed by atoms with E-state index in [2.05, 4.69) is 28.7 Å². The maximum atomic E-state index is 11.2. The van der Waals surface area contributed by atoms with E-state index in [4.69, 9.17) is 4.74 Å². The molecule has 104 valence electrons. The lowest BCUT2D eigenvalue weighted by Gasteiger charge is -2.12. The minimum Gasteiger partial charge on any atom is -0.488 e. The molecule has 0 aromatic heterocycles. The highest BCUT2D eigenvalue weighted by Gasteiger charge is 2.12. The first-order valence-electron chi connectivity index (χ1n) is 6.19. The predicted molar refractivity (Wildman–Crippen MR) is 86.4 cm³/mol. The highest BCUT2D eigenvalue weighted by atomic mass is 127. The second kappa shape index (κ2) is 6.26. The summed E-state index contributed by atoms with van der Waals surface area (Å²) in [6.45, 7) is 4.41. The van der Waals surface area contributed by atoms with Gasteiger partial charge < -0.3 is 9.84 Å². The highest BCUT2D eigenvalue weighted by Crippen LogP contribution is 2.23. The third kappa shape index (κ3) is 3.50. The second-order valence-corrected chi connectivity index (χ2v) is 5.91. The maximum Gasteiger partial charge on any atom is 0.339 e. The molecule has 0 spiro atoms. The summed E-state index contributed by atoms with van der Waals surface area (Å²) in [5.41, 5.74) is 3.57. The summed E-state index contributed by atoms with van der Waals surface area (Å²) >= 11 is 2.09. The van der Waals surface area contributed by atoms with Gasteiger partial charge in [-0.05, 0) is 65.8 Å². The van der Waals surface area contributed by atoms with E-state index in [-0.39, 0.29) is 5.56 Å². The first-order chi connectivity index (χ1) is 9.47. The summed E-state index contributed by atoms with van der Waals surface area (Å²) < 4.78 is 6.57. The summed E-state index contributed by atoms with van der Waals surface area (Å²) in [7, 11) is 0. The van der Waals surface area contributed by atoms with Crippen LogP contribution in [0.4, 0.5) is 0 Å². The van der Waals surface area contributed by atoms with Crippen LogP contribution in [-0.2, 0) is 6.61 Å². The largest absolute Gasteiger partial charge is 0.488 e. The highest BCUT2D eigenvalue weighted by molar-refractivity contribution is 14.1. The van der Waals surface area contributed by atoms with Gasteiger partial charge in [-0.25, -0.2) is 4.79 Å². The van der Waals surface area contributed by atoms with Gasteiger partial charge in [0.05, 0.1) is 0 Å². The fraction of sp³-hybridized carbons (Fsp3) is 0.188. The Morgan fingerprint density at radius 2 is 1.95 bits per heavy atom. The van der Waals surface area contributed by atoms with Gasteiger partial charge in [0.25, 0.3) is 0 Å². The summed E-state index contributed by atoms with van der Waals surface area (Å²) in [6.07, 6.45) is 0. The number of carboxylic acid groups (broad SMARTS) is 1. The Bertz CT molecular complexity index is 650. The van der Waals surface area contributed by atoms with E-state index in [0.717, 1.165) is 20.3 Å². The van der Waals surface area contributed by atoms with Crippen molar-refractivity contribution in [3.8, 4) is 5.75 Å². The van der Waals surface area contributed by atoms with E-state index in [9.17, 15) is 9.90 Å². The molecule has 0 aliphatic carbocycles. The Balaban J connectivity index is 2.23. The number of aromatic carboxylic acids is 1. The molecule has 2 aromatic rings. The molecule has 0 amide bonds. The molecule has 0 unspecified atom stereocenters. The van der Waals surface area contributed by atoms with Crippen LogP contribution in [0.25, 0.3) is 0 Å². The lowest BCUT2D eigenvalue weighted by atomic mass is 10.1. The molecule has 0 saturated heterocycles. The smallest absolute Gasteiger partial charge is 0.339 e. The Kier molecular flexibility index (Phi) is 4.65. The van der Waals surface area contributed by atoms with Crippen molar-refractivity contribution in [2.75, 3.05) is 0 Å². The number of rotatable bonds is 4. The summed E-state index contributed by atoms with van der Waals surface area (Å²) in [5, 5.41) is 9.20. The topological polar surface area (TPSA) is 46.5 Å². The number of hydrogen-bond donors (Lipinski definition) is 1. The van der Waals surface area contributed by atoms with E-state index in [0.29, 0.717) is 12.4 Å². The van der Waals surface area contributed by atoms with Crippen molar-refractivity contribution in [3.63, 3.8) is 0 Å². The third-order valence-corrected chi connectivity index (χ3v) is 3.73. The van der Waals surface area contributed by atoms with Gasteiger partial charge in [0, 0.05) is 3.57 Å². The number of halogens is 1. The van der Waals surface area contributed by atoms with Crippen LogP contribution in [0.3, 0.4) is 0 Å². The zero-order valence-electron chi connectivity index (χ0n) is 11.3. The average Bonchev–Trinajstić information content (AvgIpc) is 2.40. The first-order valence-corrected chi connectivity index (χ1v) is 7.27. The minimum absolute atomic E-state index is 0.196. The summed E-state index contributed by atoms with van der Waals surface area (Å²) in [5.74, 6) is -0.571. The van der Waals surface area contributed by atoms with Gasteiger partial charge in [-0.3, -0.25) is 0 Å². The zero-order valence-corrected chi connectivity index (χ0v) is 13.5. The van der Waals surface area contributed by atoms with Crippen molar-refractivity contribution in [1.29, 1.82) is 0 Å². The standard InChI is InChI=1S/C16H15IO3/c1-10-3-4-11(2)12(7-10)9-20-15-6-5-13(17)8-14(15)16(18)19/h3-8H,9H2,1-2H3,(H,18,19). The van der Waals surface area contributed by atoms with E-state index in [1.165, 1.54) is 0 Å². The Morgan fingerprint density at radius 1 is 1.20 bits per heavy atom. The van der Waals surface area contributed by atoms with Gasteiger partial charge in [0.15, 0.2) is 0 Å². The van der Waals surface area contributed by atoms with Crippen LogP contribution in [-0.4, -0.2) is 11.1 Å². The normalized spacial score (nSPS) is 10.3. The van der Waals surface area contributed by atoms with Crippen molar-refractivity contribution in [2.24, 2.45) is 0 Å². The van der Waals surface area contributed by atoms with Gasteiger partial charge in [-0.15, -0.1) is 0 Å². The molecule has 0 aliphatic rings. The number of hydrogen-bond acceptors (Lipinski definition) is 2. The molecule has 4 heteroatoms. The Labute approximate surface area is 131 Å². The summed E-state index contributed by atoms with van der Waals surface area (Å²) in [4.78, 5) is 11.2. The van der Waals surface area contributed by atoms with Gasteiger partial charge in [-0.2, -0.15) is 0 Å². The molecule has 1 N–H and O–H groups in total. The van der Waals surface area contributed by atoms with Crippen LogP contribution < -0.4 is 4.74 Å². The van der Waals surface area contributed by atoms with Crippen molar-refractivity contribution < 1.29 is 14.6 Å². The number of aryl methyl sites for hydroxylation is 2. The zero-order chi connectivity index (χ0) is 14.7. The van der Waals surface area contributed by atoms with Gasteiger partial charge >= 0.3 is 5.97 Å². The minimum atomic E-state index is -0.973. The molecule has 0 aliphatic heterocycles. The predicted octanol–water partition coefficient (Wildman–Crippen LogP) is 4.19. The van der Waals surface area contributed by atoms with E-state index >= 15 is 0 Å². The number of benzene rings is 2. The van der Waals surface area contributed by atoms with Crippen LogP contribution in [0.1, 0.15) is 27.0 Å². The lowest BCUT2D eigenvalue weighted by molar-refractivity contribution is 0.0691. The molecule has 0 saturated carbocycles. The molecule has 2 rings (SSSR count). The van der Waals surface area contributed by atoms with Gasteiger partial charge in [-0.1, -0.05) is 23.8 Å². The molecule has 0 bridgehead atoms. The first kappa shape index (κ1) is 14.8. The van der Waals surface area contributed by atoms with E-state index in [1.807, 2.05) is 32.0 Å². The number of carbonyl (C=O) groups is 1.